The molecule has 2 atom stereocenters. The largest absolute Gasteiger partial charge is 0.377 e. The average molecular weight is 281 g/mol. The molecular weight excluding hydrogens is 258 g/mol. The predicted octanol–water partition coefficient (Wildman–Crippen LogP) is 3.57. The zero-order chi connectivity index (χ0) is 14.5. The van der Waals surface area contributed by atoms with Crippen LogP contribution in [0.25, 0.3) is 0 Å². The van der Waals surface area contributed by atoms with Crippen LogP contribution in [0, 0.1) is 5.92 Å². The SMILES string of the molecule is NCC1CCCOC1C(c1ccccc1)c1ccccc1. The Hall–Kier alpha value is -1.64. The molecule has 2 N–H and O–H groups in total. The number of hydrogen-bond donors (Lipinski definition) is 1. The Morgan fingerprint density at radius 1 is 0.952 bits per heavy atom. The van der Waals surface area contributed by atoms with Crippen LogP contribution in [0.2, 0.25) is 0 Å². The van der Waals surface area contributed by atoms with E-state index in [4.69, 9.17) is 10.5 Å². The first-order chi connectivity index (χ1) is 10.4. The quantitative estimate of drug-likeness (QED) is 0.930. The smallest absolute Gasteiger partial charge is 0.0724 e. The maximum absolute atomic E-state index is 6.17. The van der Waals surface area contributed by atoms with E-state index in [1.165, 1.54) is 11.1 Å². The van der Waals surface area contributed by atoms with Gasteiger partial charge in [0, 0.05) is 12.5 Å². The molecule has 2 aromatic carbocycles. The maximum Gasteiger partial charge on any atom is 0.0724 e. The van der Waals surface area contributed by atoms with Gasteiger partial charge in [0.15, 0.2) is 0 Å². The Labute approximate surface area is 126 Å². The highest BCUT2D eigenvalue weighted by atomic mass is 16.5. The van der Waals surface area contributed by atoms with Crippen molar-refractivity contribution in [2.24, 2.45) is 11.7 Å². The summed E-state index contributed by atoms with van der Waals surface area (Å²) in [6, 6.07) is 21.3. The second kappa shape index (κ2) is 6.88. The Kier molecular flexibility index (Phi) is 4.69. The molecule has 0 radical (unpaired) electrons. The second-order valence-electron chi connectivity index (χ2n) is 5.77. The van der Waals surface area contributed by atoms with Crippen molar-refractivity contribution >= 4 is 0 Å². The van der Waals surface area contributed by atoms with Gasteiger partial charge in [0.25, 0.3) is 0 Å². The number of benzene rings is 2. The minimum absolute atomic E-state index is 0.175. The van der Waals surface area contributed by atoms with Crippen molar-refractivity contribution in [3.05, 3.63) is 71.8 Å². The standard InChI is InChI=1S/C19H23NO/c20-14-17-12-7-13-21-19(17)18(15-8-3-1-4-9-15)16-10-5-2-6-11-16/h1-6,8-11,17-19H,7,12-14,20H2. The molecule has 1 fully saturated rings. The number of nitrogens with two attached hydrogens (primary N) is 1. The highest BCUT2D eigenvalue weighted by Crippen LogP contribution is 2.36. The first-order valence-electron chi connectivity index (χ1n) is 7.81. The molecule has 1 aliphatic rings. The summed E-state index contributed by atoms with van der Waals surface area (Å²) in [6.45, 7) is 1.54. The summed E-state index contributed by atoms with van der Waals surface area (Å²) in [5, 5.41) is 0. The van der Waals surface area contributed by atoms with Gasteiger partial charge in [0.2, 0.25) is 0 Å². The molecule has 1 saturated heterocycles. The number of rotatable bonds is 4. The third kappa shape index (κ3) is 3.17. The van der Waals surface area contributed by atoms with Crippen LogP contribution in [0.4, 0.5) is 0 Å². The van der Waals surface area contributed by atoms with Gasteiger partial charge in [-0.15, -0.1) is 0 Å². The minimum atomic E-state index is 0.175. The van der Waals surface area contributed by atoms with Crippen molar-refractivity contribution in [3.63, 3.8) is 0 Å². The van der Waals surface area contributed by atoms with E-state index >= 15 is 0 Å². The highest BCUT2D eigenvalue weighted by Gasteiger charge is 2.33. The van der Waals surface area contributed by atoms with Crippen molar-refractivity contribution in [1.82, 2.24) is 0 Å². The van der Waals surface area contributed by atoms with E-state index in [0.29, 0.717) is 12.5 Å². The summed E-state index contributed by atoms with van der Waals surface area (Å²) in [6.07, 6.45) is 2.46. The Balaban J connectivity index is 2.00. The molecule has 2 unspecified atom stereocenters. The minimum Gasteiger partial charge on any atom is -0.377 e. The van der Waals surface area contributed by atoms with E-state index in [9.17, 15) is 0 Å². The summed E-state index contributed by atoms with van der Waals surface area (Å²) in [7, 11) is 0. The molecule has 0 bridgehead atoms. The van der Waals surface area contributed by atoms with Crippen LogP contribution in [0.5, 0.6) is 0 Å². The lowest BCUT2D eigenvalue weighted by Crippen LogP contribution is -2.39. The molecule has 2 aromatic rings. The van der Waals surface area contributed by atoms with Gasteiger partial charge in [0.1, 0.15) is 0 Å². The van der Waals surface area contributed by atoms with Crippen LogP contribution >= 0.6 is 0 Å². The lowest BCUT2D eigenvalue weighted by molar-refractivity contribution is -0.0322. The van der Waals surface area contributed by atoms with Crippen LogP contribution < -0.4 is 5.73 Å². The molecule has 0 aliphatic carbocycles. The Morgan fingerprint density at radius 3 is 2.05 bits per heavy atom. The highest BCUT2D eigenvalue weighted by molar-refractivity contribution is 5.34. The average Bonchev–Trinajstić information content (AvgIpc) is 2.58. The van der Waals surface area contributed by atoms with E-state index in [0.717, 1.165) is 19.4 Å². The third-order valence-corrected chi connectivity index (χ3v) is 4.44. The molecule has 0 amide bonds. The van der Waals surface area contributed by atoms with Crippen LogP contribution in [-0.2, 0) is 4.74 Å². The van der Waals surface area contributed by atoms with E-state index < -0.39 is 0 Å². The maximum atomic E-state index is 6.17. The summed E-state index contributed by atoms with van der Waals surface area (Å²) in [4.78, 5) is 0. The molecule has 3 rings (SSSR count). The zero-order valence-corrected chi connectivity index (χ0v) is 12.3. The molecule has 21 heavy (non-hydrogen) atoms. The first kappa shape index (κ1) is 14.3. The Morgan fingerprint density at radius 2 is 1.52 bits per heavy atom. The van der Waals surface area contributed by atoms with Gasteiger partial charge in [-0.05, 0) is 36.4 Å². The predicted molar refractivity (Wildman–Crippen MR) is 86.2 cm³/mol. The van der Waals surface area contributed by atoms with Crippen LogP contribution in [0.3, 0.4) is 0 Å². The molecule has 2 heteroatoms. The van der Waals surface area contributed by atoms with Crippen LogP contribution in [0.15, 0.2) is 60.7 Å². The Bertz CT molecular complexity index is 501. The number of ether oxygens (including phenoxy) is 1. The monoisotopic (exact) mass is 281 g/mol. The van der Waals surface area contributed by atoms with E-state index in [1.54, 1.807) is 0 Å². The fourth-order valence-electron chi connectivity index (χ4n) is 3.38. The second-order valence-corrected chi connectivity index (χ2v) is 5.77. The molecule has 0 saturated carbocycles. The lowest BCUT2D eigenvalue weighted by Gasteiger charge is -2.37. The van der Waals surface area contributed by atoms with Gasteiger partial charge in [-0.2, -0.15) is 0 Å². The summed E-state index contributed by atoms with van der Waals surface area (Å²) in [5.74, 6) is 0.699. The van der Waals surface area contributed by atoms with Gasteiger partial charge in [-0.1, -0.05) is 60.7 Å². The molecule has 1 heterocycles. The van der Waals surface area contributed by atoms with Crippen LogP contribution in [0.1, 0.15) is 29.9 Å². The normalized spacial score (nSPS) is 22.4. The van der Waals surface area contributed by atoms with Crippen molar-refractivity contribution in [1.29, 1.82) is 0 Å². The van der Waals surface area contributed by atoms with Crippen LogP contribution in [-0.4, -0.2) is 19.3 Å². The van der Waals surface area contributed by atoms with E-state index in [1.807, 2.05) is 0 Å². The summed E-state index contributed by atoms with van der Waals surface area (Å²) < 4.78 is 6.17. The van der Waals surface area contributed by atoms with E-state index in [2.05, 4.69) is 60.7 Å². The molecule has 0 aromatic heterocycles. The first-order valence-corrected chi connectivity index (χ1v) is 7.81. The fraction of sp³-hybridized carbons (Fsp3) is 0.368. The van der Waals surface area contributed by atoms with Gasteiger partial charge in [0.05, 0.1) is 6.10 Å². The van der Waals surface area contributed by atoms with Crippen molar-refractivity contribution in [3.8, 4) is 0 Å². The van der Waals surface area contributed by atoms with Gasteiger partial charge >= 0.3 is 0 Å². The molecular formula is C19H23NO. The van der Waals surface area contributed by atoms with E-state index in [-0.39, 0.29) is 12.0 Å². The molecule has 2 nitrogen and oxygen atoms in total. The van der Waals surface area contributed by atoms with Gasteiger partial charge in [-0.25, -0.2) is 0 Å². The zero-order valence-electron chi connectivity index (χ0n) is 12.3. The fourth-order valence-corrected chi connectivity index (χ4v) is 3.38. The molecule has 1 aliphatic heterocycles. The lowest BCUT2D eigenvalue weighted by atomic mass is 9.78. The van der Waals surface area contributed by atoms with Crippen molar-refractivity contribution in [2.75, 3.05) is 13.2 Å². The van der Waals surface area contributed by atoms with Gasteiger partial charge < -0.3 is 10.5 Å². The van der Waals surface area contributed by atoms with Crippen molar-refractivity contribution < 1.29 is 4.74 Å². The molecule has 0 spiro atoms. The summed E-state index contributed by atoms with van der Waals surface area (Å²) >= 11 is 0. The number of hydrogen-bond acceptors (Lipinski definition) is 2. The van der Waals surface area contributed by atoms with Gasteiger partial charge in [-0.3, -0.25) is 0 Å². The van der Waals surface area contributed by atoms with Crippen molar-refractivity contribution in [2.45, 2.75) is 24.9 Å². The third-order valence-electron chi connectivity index (χ3n) is 4.44. The molecule has 110 valence electrons. The topological polar surface area (TPSA) is 35.2 Å². The summed E-state index contributed by atoms with van der Waals surface area (Å²) in [5.41, 5.74) is 8.64.